The topological polar surface area (TPSA) is 49.8 Å². The molecule has 1 rings (SSSR count). The summed E-state index contributed by atoms with van der Waals surface area (Å²) in [5.41, 5.74) is 2.30. The maximum atomic E-state index is 11.7. The van der Waals surface area contributed by atoms with Crippen LogP contribution in [0.5, 0.6) is 5.75 Å². The van der Waals surface area contributed by atoms with E-state index in [1.807, 2.05) is 19.1 Å². The SMILES string of the molecule is COc1ccc(C)cc1CCN(C)C(=O)CCCO. The van der Waals surface area contributed by atoms with E-state index >= 15 is 0 Å². The van der Waals surface area contributed by atoms with E-state index in [2.05, 4.69) is 6.07 Å². The minimum absolute atomic E-state index is 0.0608. The van der Waals surface area contributed by atoms with E-state index in [1.165, 1.54) is 5.56 Å². The molecule has 1 amide bonds. The Morgan fingerprint density at radius 2 is 2.16 bits per heavy atom. The van der Waals surface area contributed by atoms with Gasteiger partial charge in [-0.25, -0.2) is 0 Å². The molecule has 1 aromatic rings. The Hall–Kier alpha value is -1.55. The Kier molecular flexibility index (Phi) is 6.36. The van der Waals surface area contributed by atoms with Gasteiger partial charge in [-0.1, -0.05) is 17.7 Å². The number of rotatable bonds is 7. The van der Waals surface area contributed by atoms with Gasteiger partial charge in [0.15, 0.2) is 0 Å². The normalized spacial score (nSPS) is 10.3. The van der Waals surface area contributed by atoms with E-state index in [4.69, 9.17) is 9.84 Å². The van der Waals surface area contributed by atoms with Crippen LogP contribution >= 0.6 is 0 Å². The maximum absolute atomic E-state index is 11.7. The summed E-state index contributed by atoms with van der Waals surface area (Å²) >= 11 is 0. The van der Waals surface area contributed by atoms with E-state index in [9.17, 15) is 4.79 Å². The first kappa shape index (κ1) is 15.5. The van der Waals surface area contributed by atoms with Crippen LogP contribution in [0.4, 0.5) is 0 Å². The summed E-state index contributed by atoms with van der Waals surface area (Å²) in [6.07, 6.45) is 1.70. The molecule has 4 heteroatoms. The quantitative estimate of drug-likeness (QED) is 0.817. The number of aliphatic hydroxyl groups is 1. The number of aryl methyl sites for hydroxylation is 1. The van der Waals surface area contributed by atoms with Crippen molar-refractivity contribution in [2.75, 3.05) is 27.3 Å². The predicted octanol–water partition coefficient (Wildman–Crippen LogP) is 1.78. The zero-order valence-corrected chi connectivity index (χ0v) is 12.0. The summed E-state index contributed by atoms with van der Waals surface area (Å²) in [6, 6.07) is 6.06. The number of carbonyl (C=O) groups is 1. The molecule has 0 fully saturated rings. The van der Waals surface area contributed by atoms with Gasteiger partial charge in [-0.2, -0.15) is 0 Å². The van der Waals surface area contributed by atoms with Gasteiger partial charge in [0.25, 0.3) is 0 Å². The lowest BCUT2D eigenvalue weighted by Crippen LogP contribution is -2.28. The Morgan fingerprint density at radius 1 is 1.42 bits per heavy atom. The summed E-state index contributed by atoms with van der Waals surface area (Å²) < 4.78 is 5.32. The molecular weight excluding hydrogens is 242 g/mol. The number of nitrogens with zero attached hydrogens (tertiary/aromatic N) is 1. The molecule has 0 atom stereocenters. The molecular formula is C15H23NO3. The molecule has 0 heterocycles. The molecule has 106 valence electrons. The van der Waals surface area contributed by atoms with Crippen LogP contribution in [0.3, 0.4) is 0 Å². The van der Waals surface area contributed by atoms with Crippen molar-refractivity contribution in [1.29, 1.82) is 0 Å². The fourth-order valence-corrected chi connectivity index (χ4v) is 1.94. The number of benzene rings is 1. The summed E-state index contributed by atoms with van der Waals surface area (Å²) in [7, 11) is 3.45. The van der Waals surface area contributed by atoms with Crippen molar-refractivity contribution >= 4 is 5.91 Å². The molecule has 0 saturated heterocycles. The third-order valence-electron chi connectivity index (χ3n) is 3.13. The van der Waals surface area contributed by atoms with Crippen LogP contribution in [0.25, 0.3) is 0 Å². The zero-order chi connectivity index (χ0) is 14.3. The monoisotopic (exact) mass is 265 g/mol. The fraction of sp³-hybridized carbons (Fsp3) is 0.533. The second-order valence-electron chi connectivity index (χ2n) is 4.71. The lowest BCUT2D eigenvalue weighted by atomic mass is 10.1. The van der Waals surface area contributed by atoms with Crippen LogP contribution in [0, 0.1) is 6.92 Å². The smallest absolute Gasteiger partial charge is 0.222 e. The molecule has 19 heavy (non-hydrogen) atoms. The van der Waals surface area contributed by atoms with Crippen molar-refractivity contribution in [3.8, 4) is 5.75 Å². The van der Waals surface area contributed by atoms with E-state index in [1.54, 1.807) is 19.1 Å². The third-order valence-corrected chi connectivity index (χ3v) is 3.13. The van der Waals surface area contributed by atoms with Crippen LogP contribution in [0.1, 0.15) is 24.0 Å². The Labute approximate surface area is 115 Å². The molecule has 0 unspecified atom stereocenters. The molecule has 0 saturated carbocycles. The molecule has 0 aliphatic carbocycles. The molecule has 4 nitrogen and oxygen atoms in total. The number of hydrogen-bond donors (Lipinski definition) is 1. The predicted molar refractivity (Wildman–Crippen MR) is 75.4 cm³/mol. The standard InChI is InChI=1S/C15H23NO3/c1-12-6-7-14(19-3)13(11-12)8-9-16(2)15(18)5-4-10-17/h6-7,11,17H,4-5,8-10H2,1-3H3. The van der Waals surface area contributed by atoms with Crippen LogP contribution in [-0.2, 0) is 11.2 Å². The number of likely N-dealkylation sites (N-methyl/N-ethyl adjacent to an activating group) is 1. The first-order chi connectivity index (χ1) is 9.08. The zero-order valence-electron chi connectivity index (χ0n) is 12.0. The highest BCUT2D eigenvalue weighted by molar-refractivity contribution is 5.75. The molecule has 0 aliphatic heterocycles. The van der Waals surface area contributed by atoms with Crippen LogP contribution in [-0.4, -0.2) is 43.2 Å². The second-order valence-corrected chi connectivity index (χ2v) is 4.71. The lowest BCUT2D eigenvalue weighted by molar-refractivity contribution is -0.130. The highest BCUT2D eigenvalue weighted by Crippen LogP contribution is 2.20. The molecule has 1 N–H and O–H groups in total. The van der Waals surface area contributed by atoms with Gasteiger partial charge < -0.3 is 14.7 Å². The van der Waals surface area contributed by atoms with Crippen molar-refractivity contribution in [2.24, 2.45) is 0 Å². The van der Waals surface area contributed by atoms with Gasteiger partial charge in [-0.15, -0.1) is 0 Å². The second kappa shape index (κ2) is 7.79. The Morgan fingerprint density at radius 3 is 2.79 bits per heavy atom. The van der Waals surface area contributed by atoms with Crippen molar-refractivity contribution in [2.45, 2.75) is 26.2 Å². The van der Waals surface area contributed by atoms with Gasteiger partial charge in [-0.3, -0.25) is 4.79 Å². The summed E-state index contributed by atoms with van der Waals surface area (Å²) in [5.74, 6) is 0.933. The number of aliphatic hydroxyl groups excluding tert-OH is 1. The van der Waals surface area contributed by atoms with Crippen LogP contribution in [0.2, 0.25) is 0 Å². The Bertz CT molecular complexity index is 418. The first-order valence-electron chi connectivity index (χ1n) is 6.56. The van der Waals surface area contributed by atoms with Gasteiger partial charge in [0.1, 0.15) is 5.75 Å². The van der Waals surface area contributed by atoms with Crippen molar-refractivity contribution in [3.05, 3.63) is 29.3 Å². The molecule has 0 radical (unpaired) electrons. The molecule has 0 spiro atoms. The lowest BCUT2D eigenvalue weighted by Gasteiger charge is -2.18. The van der Waals surface area contributed by atoms with E-state index in [0.717, 1.165) is 17.7 Å². The van der Waals surface area contributed by atoms with Gasteiger partial charge in [0, 0.05) is 26.6 Å². The number of methoxy groups -OCH3 is 1. The van der Waals surface area contributed by atoms with Crippen molar-refractivity contribution in [3.63, 3.8) is 0 Å². The number of carbonyl (C=O) groups excluding carboxylic acids is 1. The van der Waals surface area contributed by atoms with Crippen molar-refractivity contribution < 1.29 is 14.6 Å². The van der Waals surface area contributed by atoms with Gasteiger partial charge >= 0.3 is 0 Å². The average Bonchev–Trinajstić information content (AvgIpc) is 2.42. The summed E-state index contributed by atoms with van der Waals surface area (Å²) in [6.45, 7) is 2.76. The summed E-state index contributed by atoms with van der Waals surface area (Å²) in [5, 5.41) is 8.72. The van der Waals surface area contributed by atoms with Gasteiger partial charge in [0.05, 0.1) is 7.11 Å². The maximum Gasteiger partial charge on any atom is 0.222 e. The number of ether oxygens (including phenoxy) is 1. The van der Waals surface area contributed by atoms with E-state index < -0.39 is 0 Å². The van der Waals surface area contributed by atoms with Gasteiger partial charge in [-0.05, 0) is 31.4 Å². The molecule has 0 aliphatic rings. The average molecular weight is 265 g/mol. The van der Waals surface area contributed by atoms with Crippen LogP contribution in [0.15, 0.2) is 18.2 Å². The highest BCUT2D eigenvalue weighted by Gasteiger charge is 2.10. The highest BCUT2D eigenvalue weighted by atomic mass is 16.5. The number of hydrogen-bond acceptors (Lipinski definition) is 3. The Balaban J connectivity index is 2.56. The summed E-state index contributed by atoms with van der Waals surface area (Å²) in [4.78, 5) is 13.4. The van der Waals surface area contributed by atoms with Crippen molar-refractivity contribution in [1.82, 2.24) is 4.90 Å². The van der Waals surface area contributed by atoms with Crippen LogP contribution < -0.4 is 4.74 Å². The third kappa shape index (κ3) is 4.91. The minimum atomic E-state index is 0.0608. The first-order valence-corrected chi connectivity index (χ1v) is 6.56. The van der Waals surface area contributed by atoms with E-state index in [0.29, 0.717) is 19.4 Å². The molecule has 1 aromatic carbocycles. The van der Waals surface area contributed by atoms with E-state index in [-0.39, 0.29) is 12.5 Å². The fourth-order valence-electron chi connectivity index (χ4n) is 1.94. The molecule has 0 bridgehead atoms. The molecule has 0 aromatic heterocycles. The van der Waals surface area contributed by atoms with Gasteiger partial charge in [0.2, 0.25) is 5.91 Å². The minimum Gasteiger partial charge on any atom is -0.496 e. The number of amides is 1. The largest absolute Gasteiger partial charge is 0.496 e.